The van der Waals surface area contributed by atoms with Crippen molar-refractivity contribution in [2.24, 2.45) is 35.5 Å². The van der Waals surface area contributed by atoms with Crippen LogP contribution in [0.4, 0.5) is 0 Å². The van der Waals surface area contributed by atoms with E-state index in [0.29, 0.717) is 9.49 Å². The molecule has 86 valence electrons. The second kappa shape index (κ2) is 1.98. The summed E-state index contributed by atoms with van der Waals surface area (Å²) in [6.07, 6.45) is 8.56. The number of fused-ring (bicyclic) bond motifs is 4. The van der Waals surface area contributed by atoms with Crippen LogP contribution >= 0.6 is 0 Å². The zero-order valence-electron chi connectivity index (χ0n) is 9.52. The summed E-state index contributed by atoms with van der Waals surface area (Å²) in [4.78, 5) is 0. The van der Waals surface area contributed by atoms with Gasteiger partial charge in [0.15, 0.2) is 0 Å². The first-order valence-electron chi connectivity index (χ1n) is 7.27. The lowest BCUT2D eigenvalue weighted by atomic mass is 9.88. The molecular weight excluding hydrogens is 216 g/mol. The lowest BCUT2D eigenvalue weighted by Crippen LogP contribution is -2.33. The van der Waals surface area contributed by atoms with Crippen molar-refractivity contribution in [1.82, 2.24) is 0 Å². The number of rotatable bonds is 2. The maximum atomic E-state index is 13.0. The van der Waals surface area contributed by atoms with Gasteiger partial charge in [0.1, 0.15) is 0 Å². The van der Waals surface area contributed by atoms with Gasteiger partial charge in [-0.15, -0.1) is 0 Å². The molecule has 0 aromatic rings. The van der Waals surface area contributed by atoms with Crippen molar-refractivity contribution in [2.75, 3.05) is 0 Å². The monoisotopic (exact) mass is 234 g/mol. The SMILES string of the molecule is O=S(C12C3CCCC1C32)C12C3CCCC1C32. The predicted molar refractivity (Wildman–Crippen MR) is 62.2 cm³/mol. The molecule has 16 heavy (non-hydrogen) atoms. The lowest BCUT2D eigenvalue weighted by molar-refractivity contribution is 0.334. The summed E-state index contributed by atoms with van der Waals surface area (Å²) in [6.45, 7) is 0. The van der Waals surface area contributed by atoms with Crippen LogP contribution in [-0.4, -0.2) is 13.7 Å². The number of hydrogen-bond donors (Lipinski definition) is 0. The molecule has 0 aromatic heterocycles. The summed E-state index contributed by atoms with van der Waals surface area (Å²) in [7, 11) is -0.402. The van der Waals surface area contributed by atoms with Gasteiger partial charge in [0, 0.05) is 10.8 Å². The van der Waals surface area contributed by atoms with Crippen LogP contribution in [0.1, 0.15) is 38.5 Å². The molecule has 0 bridgehead atoms. The van der Waals surface area contributed by atoms with E-state index in [2.05, 4.69) is 0 Å². The Kier molecular flexibility index (Phi) is 1.02. The van der Waals surface area contributed by atoms with Crippen LogP contribution in [0.3, 0.4) is 0 Å². The van der Waals surface area contributed by atoms with Gasteiger partial charge < -0.3 is 0 Å². The molecule has 6 aliphatic rings. The van der Waals surface area contributed by atoms with Crippen molar-refractivity contribution in [3.05, 3.63) is 0 Å². The third-order valence-electron chi connectivity index (χ3n) is 7.36. The fourth-order valence-electron chi connectivity index (χ4n) is 6.65. The van der Waals surface area contributed by atoms with Gasteiger partial charge in [0.2, 0.25) is 0 Å². The van der Waals surface area contributed by atoms with Gasteiger partial charge in [-0.1, -0.05) is 12.8 Å². The standard InChI is InChI=1S/C14H18OS/c15-16(13-7-3-1-4-8(13)11(7)13)14-9-5-2-6-10(14)12(9)14/h7-12H,1-6H2. The molecule has 0 saturated heterocycles. The fraction of sp³-hybridized carbons (Fsp3) is 1.00. The molecule has 2 heteroatoms. The van der Waals surface area contributed by atoms with E-state index >= 15 is 0 Å². The molecule has 0 aromatic carbocycles. The Labute approximate surface area is 98.8 Å². The topological polar surface area (TPSA) is 17.1 Å². The molecule has 0 amide bonds. The summed E-state index contributed by atoms with van der Waals surface area (Å²) >= 11 is 0. The van der Waals surface area contributed by atoms with E-state index < -0.39 is 10.8 Å². The Hall–Kier alpha value is 0.150. The molecule has 0 heterocycles. The molecule has 6 aliphatic carbocycles. The van der Waals surface area contributed by atoms with E-state index in [4.69, 9.17) is 0 Å². The molecule has 1 nitrogen and oxygen atoms in total. The summed E-state index contributed by atoms with van der Waals surface area (Å²) in [5.74, 6) is 5.65. The first kappa shape index (κ1) is 8.29. The minimum atomic E-state index is -0.402. The molecule has 6 fully saturated rings. The van der Waals surface area contributed by atoms with E-state index in [0.717, 1.165) is 35.5 Å². The minimum absolute atomic E-state index is 0.402. The van der Waals surface area contributed by atoms with E-state index in [1.54, 1.807) is 0 Å². The molecule has 0 radical (unpaired) electrons. The molecule has 0 aliphatic heterocycles. The highest BCUT2D eigenvalue weighted by atomic mass is 32.2. The van der Waals surface area contributed by atoms with Crippen LogP contribution in [0.2, 0.25) is 0 Å². The largest absolute Gasteiger partial charge is 0.258 e. The van der Waals surface area contributed by atoms with Gasteiger partial charge in [-0.25, -0.2) is 0 Å². The van der Waals surface area contributed by atoms with E-state index in [9.17, 15) is 4.21 Å². The van der Waals surface area contributed by atoms with E-state index in [1.165, 1.54) is 38.5 Å². The molecule has 6 saturated carbocycles. The van der Waals surface area contributed by atoms with Crippen molar-refractivity contribution >= 4 is 10.8 Å². The number of hydrogen-bond acceptors (Lipinski definition) is 1. The highest BCUT2D eigenvalue weighted by Crippen LogP contribution is 2.93. The highest BCUT2D eigenvalue weighted by Gasteiger charge is 2.99. The molecule has 0 spiro atoms. The van der Waals surface area contributed by atoms with Crippen molar-refractivity contribution < 1.29 is 4.21 Å². The van der Waals surface area contributed by atoms with Crippen molar-refractivity contribution in [2.45, 2.75) is 48.0 Å². The summed E-state index contributed by atoms with van der Waals surface area (Å²) in [6, 6.07) is 0. The van der Waals surface area contributed by atoms with Crippen molar-refractivity contribution in [3.63, 3.8) is 0 Å². The Balaban J connectivity index is 1.39. The minimum Gasteiger partial charge on any atom is -0.258 e. The van der Waals surface area contributed by atoms with Crippen LogP contribution in [0.5, 0.6) is 0 Å². The Morgan fingerprint density at radius 3 is 1.44 bits per heavy atom. The van der Waals surface area contributed by atoms with Gasteiger partial charge in [-0.3, -0.25) is 4.21 Å². The summed E-state index contributed by atoms with van der Waals surface area (Å²) in [5.41, 5.74) is 0. The third kappa shape index (κ3) is 0.527. The van der Waals surface area contributed by atoms with Crippen LogP contribution in [-0.2, 0) is 10.8 Å². The maximum Gasteiger partial charge on any atom is 0.0562 e. The first-order chi connectivity index (χ1) is 7.85. The molecule has 6 rings (SSSR count). The lowest BCUT2D eigenvalue weighted by Gasteiger charge is -2.29. The zero-order chi connectivity index (χ0) is 10.3. The second-order valence-corrected chi connectivity index (χ2v) is 9.27. The average Bonchev–Trinajstić information content (AvgIpc) is 3.24. The van der Waals surface area contributed by atoms with Gasteiger partial charge >= 0.3 is 0 Å². The summed E-state index contributed by atoms with van der Waals surface area (Å²) in [5, 5.41) is 0. The highest BCUT2D eigenvalue weighted by molar-refractivity contribution is 7.89. The first-order valence-corrected chi connectivity index (χ1v) is 8.42. The van der Waals surface area contributed by atoms with Crippen LogP contribution in [0, 0.1) is 35.5 Å². The second-order valence-electron chi connectivity index (χ2n) is 7.32. The average molecular weight is 234 g/mol. The van der Waals surface area contributed by atoms with Gasteiger partial charge in [0.05, 0.1) is 9.49 Å². The third-order valence-corrected chi connectivity index (χ3v) is 10.4. The Bertz CT molecular complexity index is 373. The normalized spacial score (nSPS) is 77.0. The summed E-state index contributed by atoms with van der Waals surface area (Å²) < 4.78 is 13.9. The quantitative estimate of drug-likeness (QED) is 0.716. The van der Waals surface area contributed by atoms with Gasteiger partial charge in [-0.05, 0) is 61.2 Å². The molecular formula is C14H18OS. The Morgan fingerprint density at radius 1 is 0.750 bits per heavy atom. The predicted octanol–water partition coefficient (Wildman–Crippen LogP) is 2.33. The Morgan fingerprint density at radius 2 is 1.12 bits per heavy atom. The van der Waals surface area contributed by atoms with Crippen molar-refractivity contribution in [3.8, 4) is 0 Å². The van der Waals surface area contributed by atoms with E-state index in [-0.39, 0.29) is 0 Å². The van der Waals surface area contributed by atoms with E-state index in [1.807, 2.05) is 0 Å². The molecule has 4 unspecified atom stereocenters. The van der Waals surface area contributed by atoms with Gasteiger partial charge in [0.25, 0.3) is 0 Å². The smallest absolute Gasteiger partial charge is 0.0562 e. The maximum absolute atomic E-state index is 13.0. The van der Waals surface area contributed by atoms with Crippen LogP contribution in [0.15, 0.2) is 0 Å². The van der Waals surface area contributed by atoms with Crippen LogP contribution in [0.25, 0.3) is 0 Å². The van der Waals surface area contributed by atoms with Crippen LogP contribution < -0.4 is 0 Å². The van der Waals surface area contributed by atoms with Crippen molar-refractivity contribution in [1.29, 1.82) is 0 Å². The molecule has 0 N–H and O–H groups in total. The fourth-order valence-corrected chi connectivity index (χ4v) is 10.3. The molecule has 4 atom stereocenters. The van der Waals surface area contributed by atoms with Gasteiger partial charge in [-0.2, -0.15) is 0 Å². The zero-order valence-corrected chi connectivity index (χ0v) is 10.3.